The molecule has 182 valence electrons. The zero-order valence-electron chi connectivity index (χ0n) is 21.7. The quantitative estimate of drug-likeness (QED) is 0.603. The Balaban J connectivity index is 0.000000354. The Morgan fingerprint density at radius 2 is 1.66 bits per heavy atom. The highest BCUT2D eigenvalue weighted by molar-refractivity contribution is 7.80. The molecule has 0 radical (unpaired) electrons. The molecule has 1 aromatic carbocycles. The molecular formula is C26H47N5S. The summed E-state index contributed by atoms with van der Waals surface area (Å²) in [5.41, 5.74) is 9.72. The van der Waals surface area contributed by atoms with Crippen molar-refractivity contribution in [1.29, 1.82) is 0 Å². The number of piperazine rings is 1. The molecule has 2 N–H and O–H groups in total. The summed E-state index contributed by atoms with van der Waals surface area (Å²) in [5, 5.41) is 0. The lowest BCUT2D eigenvalue weighted by Crippen LogP contribution is -2.46. The van der Waals surface area contributed by atoms with Gasteiger partial charge in [0.15, 0.2) is 5.50 Å². The molecule has 2 aliphatic rings. The highest BCUT2D eigenvalue weighted by atomic mass is 32.1. The van der Waals surface area contributed by atoms with E-state index in [9.17, 15) is 0 Å². The van der Waals surface area contributed by atoms with Gasteiger partial charge in [-0.1, -0.05) is 54.0 Å². The highest BCUT2D eigenvalue weighted by Gasteiger charge is 2.19. The Bertz CT molecular complexity index is 730. The van der Waals surface area contributed by atoms with E-state index in [1.165, 1.54) is 49.3 Å². The summed E-state index contributed by atoms with van der Waals surface area (Å²) in [6.45, 7) is 21.6. The fourth-order valence-corrected chi connectivity index (χ4v) is 3.67. The predicted molar refractivity (Wildman–Crippen MR) is 146 cm³/mol. The van der Waals surface area contributed by atoms with Crippen LogP contribution in [0.25, 0.3) is 0 Å². The number of hydrogen-bond donors (Lipinski definition) is 2. The molecule has 0 spiro atoms. The lowest BCUT2D eigenvalue weighted by Gasteiger charge is -2.36. The van der Waals surface area contributed by atoms with Gasteiger partial charge < -0.3 is 15.5 Å². The lowest BCUT2D eigenvalue weighted by molar-refractivity contribution is 0.258. The van der Waals surface area contributed by atoms with Crippen LogP contribution in [0, 0.1) is 6.92 Å². The number of thiol groups is 1. The van der Waals surface area contributed by atoms with Crippen molar-refractivity contribution in [2.45, 2.75) is 72.2 Å². The van der Waals surface area contributed by atoms with Gasteiger partial charge in [-0.05, 0) is 54.6 Å². The van der Waals surface area contributed by atoms with Crippen LogP contribution >= 0.6 is 12.6 Å². The molecule has 5 nitrogen and oxygen atoms in total. The zero-order valence-corrected chi connectivity index (χ0v) is 22.6. The first-order valence-corrected chi connectivity index (χ1v) is 12.5. The summed E-state index contributed by atoms with van der Waals surface area (Å²) >= 11 is 4.12. The first-order chi connectivity index (χ1) is 15.0. The van der Waals surface area contributed by atoms with Crippen LogP contribution in [-0.4, -0.2) is 60.9 Å². The Morgan fingerprint density at radius 1 is 1.06 bits per heavy atom. The van der Waals surface area contributed by atoms with Gasteiger partial charge >= 0.3 is 0 Å². The van der Waals surface area contributed by atoms with Crippen LogP contribution in [0.15, 0.2) is 35.5 Å². The normalized spacial score (nSPS) is 18.9. The zero-order chi connectivity index (χ0) is 24.3. The number of benzene rings is 1. The molecule has 1 aromatic rings. The van der Waals surface area contributed by atoms with E-state index < -0.39 is 0 Å². The Kier molecular flexibility index (Phi) is 12.2. The van der Waals surface area contributed by atoms with Gasteiger partial charge in [0.1, 0.15) is 5.84 Å². The highest BCUT2D eigenvalue weighted by Crippen LogP contribution is 2.28. The third-order valence-electron chi connectivity index (χ3n) is 5.31. The van der Waals surface area contributed by atoms with E-state index in [1.807, 2.05) is 18.1 Å². The van der Waals surface area contributed by atoms with Gasteiger partial charge in [0.05, 0.1) is 0 Å². The molecule has 0 aliphatic carbocycles. The van der Waals surface area contributed by atoms with Crippen molar-refractivity contribution < 1.29 is 0 Å². The average Bonchev–Trinajstić information content (AvgIpc) is 2.72. The third kappa shape index (κ3) is 9.86. The number of aryl methyl sites for hydroxylation is 1. The molecule has 1 fully saturated rings. The minimum Gasteiger partial charge on any atom is -0.384 e. The molecular weight excluding hydrogens is 414 g/mol. The van der Waals surface area contributed by atoms with Crippen molar-refractivity contribution in [3.63, 3.8) is 0 Å². The van der Waals surface area contributed by atoms with E-state index in [2.05, 4.69) is 94.1 Å². The number of amidine groups is 1. The summed E-state index contributed by atoms with van der Waals surface area (Å²) in [5.74, 6) is 0.535. The Hall–Kier alpha value is -1.66. The maximum Gasteiger partial charge on any atom is 0.167 e. The average molecular weight is 462 g/mol. The molecule has 2 aliphatic heterocycles. The van der Waals surface area contributed by atoms with Crippen LogP contribution in [0.2, 0.25) is 0 Å². The SMILES string of the molecule is CCC.CCCN1CCN(c2cc(C)cc(C(C)(C)C)c2)CC1.CN1C=CC(N)=NC1S. The van der Waals surface area contributed by atoms with Gasteiger partial charge in [0.25, 0.3) is 0 Å². The van der Waals surface area contributed by atoms with E-state index in [0.717, 1.165) is 13.1 Å². The fourth-order valence-electron chi connectivity index (χ4n) is 3.46. The maximum absolute atomic E-state index is 5.38. The van der Waals surface area contributed by atoms with E-state index in [0.29, 0.717) is 5.84 Å². The summed E-state index contributed by atoms with van der Waals surface area (Å²) in [4.78, 5) is 11.0. The van der Waals surface area contributed by atoms with Gasteiger partial charge in [-0.25, -0.2) is 4.99 Å². The van der Waals surface area contributed by atoms with E-state index >= 15 is 0 Å². The van der Waals surface area contributed by atoms with Crippen LogP contribution in [-0.2, 0) is 5.41 Å². The fraction of sp³-hybridized carbons (Fsp3) is 0.654. The van der Waals surface area contributed by atoms with Crippen molar-refractivity contribution in [3.8, 4) is 0 Å². The number of anilines is 1. The third-order valence-corrected chi connectivity index (χ3v) is 5.79. The second-order valence-electron chi connectivity index (χ2n) is 9.72. The monoisotopic (exact) mass is 461 g/mol. The van der Waals surface area contributed by atoms with Crippen LogP contribution in [0.3, 0.4) is 0 Å². The van der Waals surface area contributed by atoms with Crippen molar-refractivity contribution in [2.75, 3.05) is 44.7 Å². The smallest absolute Gasteiger partial charge is 0.167 e. The number of nitrogens with zero attached hydrogens (tertiary/aromatic N) is 4. The first kappa shape index (κ1) is 28.4. The second kappa shape index (κ2) is 13.8. The van der Waals surface area contributed by atoms with Gasteiger partial charge in [-0.2, -0.15) is 0 Å². The minimum absolute atomic E-state index is 0.116. The molecule has 3 rings (SSSR count). The van der Waals surface area contributed by atoms with E-state index in [4.69, 9.17) is 5.73 Å². The van der Waals surface area contributed by atoms with Crippen LogP contribution < -0.4 is 10.6 Å². The van der Waals surface area contributed by atoms with Gasteiger partial charge in [-0.15, -0.1) is 12.6 Å². The Labute approximate surface area is 203 Å². The predicted octanol–water partition coefficient (Wildman–Crippen LogP) is 5.26. The molecule has 6 heteroatoms. The topological polar surface area (TPSA) is 48.1 Å². The molecule has 1 saturated heterocycles. The van der Waals surface area contributed by atoms with Crippen LogP contribution in [0.4, 0.5) is 5.69 Å². The summed E-state index contributed by atoms with van der Waals surface area (Å²) < 4.78 is 0. The first-order valence-electron chi connectivity index (χ1n) is 12.0. The molecule has 0 saturated carbocycles. The minimum atomic E-state index is -0.116. The number of aliphatic imine (C=N–C) groups is 1. The summed E-state index contributed by atoms with van der Waals surface area (Å²) in [7, 11) is 1.89. The van der Waals surface area contributed by atoms with Crippen molar-refractivity contribution in [3.05, 3.63) is 41.6 Å². The molecule has 1 atom stereocenters. The Morgan fingerprint density at radius 3 is 2.12 bits per heavy atom. The molecule has 0 aromatic heterocycles. The summed E-state index contributed by atoms with van der Waals surface area (Å²) in [6.07, 6.45) is 6.10. The van der Waals surface area contributed by atoms with Crippen molar-refractivity contribution in [2.24, 2.45) is 10.7 Å². The lowest BCUT2D eigenvalue weighted by atomic mass is 9.86. The standard InChI is InChI=1S/C18H30N2.C5H9N3S.C3H8/c1-6-7-19-8-10-20(11-9-19)17-13-15(2)12-16(14-17)18(3,4)5;1-8-3-2-4(6)7-5(8)9;1-3-2/h12-14H,6-11H2,1-5H3;2-3,5,9H,1H3,(H2,6,7);3H2,1-2H3. The molecule has 32 heavy (non-hydrogen) atoms. The number of rotatable bonds is 3. The molecule has 0 amide bonds. The largest absolute Gasteiger partial charge is 0.384 e. The number of hydrogen-bond acceptors (Lipinski definition) is 6. The van der Waals surface area contributed by atoms with Gasteiger partial charge in [0, 0.05) is 45.1 Å². The van der Waals surface area contributed by atoms with Crippen LogP contribution in [0.1, 0.15) is 65.5 Å². The molecule has 1 unspecified atom stereocenters. The van der Waals surface area contributed by atoms with E-state index in [1.54, 1.807) is 6.08 Å². The molecule has 0 bridgehead atoms. The van der Waals surface area contributed by atoms with Gasteiger partial charge in [0.2, 0.25) is 0 Å². The van der Waals surface area contributed by atoms with Gasteiger partial charge in [-0.3, -0.25) is 4.90 Å². The molecule has 2 heterocycles. The van der Waals surface area contributed by atoms with Crippen molar-refractivity contribution in [1.82, 2.24) is 9.80 Å². The maximum atomic E-state index is 5.38. The van der Waals surface area contributed by atoms with Crippen LogP contribution in [0.5, 0.6) is 0 Å². The van der Waals surface area contributed by atoms with Crippen molar-refractivity contribution >= 4 is 24.2 Å². The van der Waals surface area contributed by atoms with E-state index in [-0.39, 0.29) is 10.9 Å². The second-order valence-corrected chi connectivity index (χ2v) is 10.2. The summed E-state index contributed by atoms with van der Waals surface area (Å²) in [6, 6.07) is 7.06. The number of nitrogens with two attached hydrogens (primary N) is 1.